The van der Waals surface area contributed by atoms with Crippen LogP contribution in [0.25, 0.3) is 11.0 Å². The smallest absolute Gasteiger partial charge is 0.151 e. The van der Waals surface area contributed by atoms with Gasteiger partial charge in [-0.2, -0.15) is 0 Å². The molecule has 0 amide bonds. The number of rotatable bonds is 5. The van der Waals surface area contributed by atoms with Gasteiger partial charge in [0.25, 0.3) is 0 Å². The number of alkyl halides is 1. The molecule has 0 atom stereocenters. The quantitative estimate of drug-likeness (QED) is 0.746. The van der Waals surface area contributed by atoms with Gasteiger partial charge in [0.2, 0.25) is 0 Å². The van der Waals surface area contributed by atoms with E-state index in [4.69, 9.17) is 11.6 Å². The highest BCUT2D eigenvalue weighted by molar-refractivity contribution is 9.10. The second kappa shape index (κ2) is 5.99. The van der Waals surface area contributed by atoms with Crippen LogP contribution in [-0.2, 0) is 22.3 Å². The second-order valence-electron chi connectivity index (χ2n) is 4.30. The fourth-order valence-corrected chi connectivity index (χ4v) is 3.18. The van der Waals surface area contributed by atoms with Crippen LogP contribution >= 0.6 is 27.5 Å². The zero-order valence-electron chi connectivity index (χ0n) is 10.7. The number of benzene rings is 1. The number of halogens is 3. The summed E-state index contributed by atoms with van der Waals surface area (Å²) in [6, 6.07) is 2.90. The Balaban J connectivity index is 2.48. The molecule has 0 bridgehead atoms. The average molecular weight is 384 g/mol. The molecule has 0 aliphatic heterocycles. The summed E-state index contributed by atoms with van der Waals surface area (Å²) in [5.74, 6) is 0.358. The molecular formula is C12H13BrClFN2O2S. The van der Waals surface area contributed by atoms with Gasteiger partial charge in [0.1, 0.15) is 11.6 Å². The van der Waals surface area contributed by atoms with E-state index in [0.29, 0.717) is 21.3 Å². The maximum atomic E-state index is 13.5. The van der Waals surface area contributed by atoms with Crippen LogP contribution < -0.4 is 0 Å². The Bertz CT molecular complexity index is 745. The first-order valence-corrected chi connectivity index (χ1v) is 9.13. The number of aryl methyl sites for hydroxylation is 1. The van der Waals surface area contributed by atoms with Gasteiger partial charge in [-0.15, -0.1) is 11.6 Å². The Hall–Kier alpha value is -0.660. The minimum atomic E-state index is -3.08. The van der Waals surface area contributed by atoms with Crippen LogP contribution in [0, 0.1) is 5.82 Å². The summed E-state index contributed by atoms with van der Waals surface area (Å²) in [6.07, 6.45) is 0. The van der Waals surface area contributed by atoms with Crippen LogP contribution in [0.3, 0.4) is 0 Å². The lowest BCUT2D eigenvalue weighted by atomic mass is 10.3. The van der Waals surface area contributed by atoms with Gasteiger partial charge in [0.15, 0.2) is 9.84 Å². The fourth-order valence-electron chi connectivity index (χ4n) is 1.90. The van der Waals surface area contributed by atoms with E-state index in [1.807, 2.05) is 0 Å². The van der Waals surface area contributed by atoms with Crippen LogP contribution in [-0.4, -0.2) is 29.5 Å². The average Bonchev–Trinajstić information content (AvgIpc) is 2.74. The zero-order valence-corrected chi connectivity index (χ0v) is 13.9. The first-order valence-electron chi connectivity index (χ1n) is 5.98. The van der Waals surface area contributed by atoms with Crippen molar-refractivity contribution in [2.75, 3.05) is 11.5 Å². The molecule has 20 heavy (non-hydrogen) atoms. The third-order valence-electron chi connectivity index (χ3n) is 3.05. The summed E-state index contributed by atoms with van der Waals surface area (Å²) in [5.41, 5.74) is 1.13. The van der Waals surface area contributed by atoms with Gasteiger partial charge in [-0.25, -0.2) is 17.8 Å². The first kappa shape index (κ1) is 15.7. The van der Waals surface area contributed by atoms with Crippen molar-refractivity contribution in [3.63, 3.8) is 0 Å². The molecule has 0 saturated carbocycles. The largest absolute Gasteiger partial charge is 0.326 e. The molecule has 0 radical (unpaired) electrons. The number of sulfone groups is 1. The van der Waals surface area contributed by atoms with Gasteiger partial charge in [-0.3, -0.25) is 0 Å². The Morgan fingerprint density at radius 2 is 2.15 bits per heavy atom. The minimum absolute atomic E-state index is 0.00778. The predicted molar refractivity (Wildman–Crippen MR) is 81.3 cm³/mol. The van der Waals surface area contributed by atoms with Crippen LogP contribution in [0.15, 0.2) is 16.6 Å². The van der Waals surface area contributed by atoms with E-state index >= 15 is 0 Å². The fraction of sp³-hybridized carbons (Fsp3) is 0.417. The summed E-state index contributed by atoms with van der Waals surface area (Å²) in [5, 5.41) is 0. The third-order valence-corrected chi connectivity index (χ3v) is 5.59. The molecule has 2 aromatic rings. The number of fused-ring (bicyclic) bond motifs is 1. The van der Waals surface area contributed by atoms with Gasteiger partial charge in [-0.1, -0.05) is 6.92 Å². The normalized spacial score (nSPS) is 12.2. The Kier molecular flexibility index (Phi) is 4.71. The summed E-state index contributed by atoms with van der Waals surface area (Å²) < 4.78 is 38.8. The monoisotopic (exact) mass is 382 g/mol. The van der Waals surface area contributed by atoms with Crippen molar-refractivity contribution < 1.29 is 12.8 Å². The molecule has 2 rings (SSSR count). The van der Waals surface area contributed by atoms with Crippen molar-refractivity contribution in [2.24, 2.45) is 0 Å². The number of hydrogen-bond donors (Lipinski definition) is 0. The summed E-state index contributed by atoms with van der Waals surface area (Å²) in [4.78, 5) is 4.23. The summed E-state index contributed by atoms with van der Waals surface area (Å²) >= 11 is 8.95. The number of aromatic nitrogens is 2. The van der Waals surface area contributed by atoms with E-state index in [0.717, 1.165) is 0 Å². The van der Waals surface area contributed by atoms with Gasteiger partial charge in [0.05, 0.1) is 27.1 Å². The van der Waals surface area contributed by atoms with E-state index in [1.165, 1.54) is 6.07 Å². The molecule has 4 nitrogen and oxygen atoms in total. The maximum absolute atomic E-state index is 13.5. The Morgan fingerprint density at radius 3 is 2.75 bits per heavy atom. The molecule has 0 saturated heterocycles. The SMILES string of the molecule is CCS(=O)(=O)CCn1c(CCl)nc2cc(F)c(Br)cc21. The molecule has 0 fully saturated rings. The predicted octanol–water partition coefficient (Wildman–Crippen LogP) is 3.11. The van der Waals surface area contributed by atoms with Gasteiger partial charge >= 0.3 is 0 Å². The van der Waals surface area contributed by atoms with Crippen molar-refractivity contribution in [2.45, 2.75) is 19.3 Å². The first-order chi connectivity index (χ1) is 9.38. The Labute approximate surface area is 130 Å². The van der Waals surface area contributed by atoms with E-state index in [-0.39, 0.29) is 23.9 Å². The third kappa shape index (κ3) is 3.15. The standard InChI is InChI=1S/C12H13BrClFN2O2S/c1-2-20(18,19)4-3-17-11-5-8(13)9(15)6-10(11)16-12(17)7-14/h5-6H,2-4,7H2,1H3. The van der Waals surface area contributed by atoms with Crippen molar-refractivity contribution in [1.82, 2.24) is 9.55 Å². The van der Waals surface area contributed by atoms with Crippen molar-refractivity contribution in [1.29, 1.82) is 0 Å². The molecule has 0 N–H and O–H groups in total. The molecular weight excluding hydrogens is 371 g/mol. The van der Waals surface area contributed by atoms with E-state index in [9.17, 15) is 12.8 Å². The van der Waals surface area contributed by atoms with Crippen molar-refractivity contribution >= 4 is 48.4 Å². The molecule has 1 heterocycles. The topological polar surface area (TPSA) is 52.0 Å². The zero-order chi connectivity index (χ0) is 14.9. The number of hydrogen-bond acceptors (Lipinski definition) is 3. The highest BCUT2D eigenvalue weighted by atomic mass is 79.9. The second-order valence-corrected chi connectivity index (χ2v) is 7.90. The van der Waals surface area contributed by atoms with Crippen LogP contribution in [0.2, 0.25) is 0 Å². The molecule has 0 aliphatic rings. The summed E-state index contributed by atoms with van der Waals surface area (Å²) in [7, 11) is -3.08. The molecule has 1 aromatic heterocycles. The number of imidazole rings is 1. The highest BCUT2D eigenvalue weighted by Gasteiger charge is 2.15. The highest BCUT2D eigenvalue weighted by Crippen LogP contribution is 2.25. The molecule has 1 aromatic carbocycles. The molecule has 0 unspecified atom stereocenters. The van der Waals surface area contributed by atoms with E-state index < -0.39 is 15.7 Å². The number of nitrogens with zero attached hydrogens (tertiary/aromatic N) is 2. The van der Waals surface area contributed by atoms with Crippen molar-refractivity contribution in [3.8, 4) is 0 Å². The summed E-state index contributed by atoms with van der Waals surface area (Å²) in [6.45, 7) is 1.86. The lowest BCUT2D eigenvalue weighted by molar-refractivity contribution is 0.590. The van der Waals surface area contributed by atoms with Crippen LogP contribution in [0.4, 0.5) is 4.39 Å². The van der Waals surface area contributed by atoms with E-state index in [2.05, 4.69) is 20.9 Å². The van der Waals surface area contributed by atoms with Gasteiger partial charge in [-0.05, 0) is 22.0 Å². The minimum Gasteiger partial charge on any atom is -0.326 e. The molecule has 8 heteroatoms. The molecule has 110 valence electrons. The van der Waals surface area contributed by atoms with Crippen LogP contribution in [0.5, 0.6) is 0 Å². The Morgan fingerprint density at radius 1 is 1.45 bits per heavy atom. The van der Waals surface area contributed by atoms with Gasteiger partial charge < -0.3 is 4.57 Å². The lowest BCUT2D eigenvalue weighted by Gasteiger charge is -2.08. The molecule has 0 spiro atoms. The lowest BCUT2D eigenvalue weighted by Crippen LogP contribution is -2.15. The maximum Gasteiger partial charge on any atom is 0.151 e. The molecule has 0 aliphatic carbocycles. The van der Waals surface area contributed by atoms with E-state index in [1.54, 1.807) is 17.6 Å². The van der Waals surface area contributed by atoms with Crippen LogP contribution in [0.1, 0.15) is 12.7 Å². The van der Waals surface area contributed by atoms with Crippen molar-refractivity contribution in [3.05, 3.63) is 28.2 Å². The van der Waals surface area contributed by atoms with Gasteiger partial charge in [0, 0.05) is 18.4 Å².